The number of amides is 1. The summed E-state index contributed by atoms with van der Waals surface area (Å²) >= 11 is 0. The average Bonchev–Trinajstić information content (AvgIpc) is 3.11. The number of benzene rings is 2. The first kappa shape index (κ1) is 23.0. The lowest BCUT2D eigenvalue weighted by Crippen LogP contribution is -2.14. The highest BCUT2D eigenvalue weighted by Gasteiger charge is 2.16. The molecule has 10 heteroatoms. The molecular weight excluding hydrogens is 432 g/mol. The second-order valence-corrected chi connectivity index (χ2v) is 8.93. The fourth-order valence-corrected chi connectivity index (χ4v) is 3.67. The van der Waals surface area contributed by atoms with Crippen LogP contribution < -0.4 is 10.0 Å². The van der Waals surface area contributed by atoms with Gasteiger partial charge in [0.15, 0.2) is 0 Å². The number of ether oxygens (including phenoxy) is 1. The average molecular weight is 457 g/mol. The van der Waals surface area contributed by atoms with Crippen molar-refractivity contribution in [3.05, 3.63) is 71.0 Å². The number of rotatable bonds is 7. The maximum atomic E-state index is 12.6. The molecule has 0 spiro atoms. The summed E-state index contributed by atoms with van der Waals surface area (Å²) in [6.45, 7) is 5.54. The Morgan fingerprint density at radius 2 is 1.78 bits per heavy atom. The number of hydrogen-bond donors (Lipinski definition) is 2. The molecule has 0 fully saturated rings. The van der Waals surface area contributed by atoms with E-state index in [-0.39, 0.29) is 12.5 Å². The van der Waals surface area contributed by atoms with Gasteiger partial charge >= 0.3 is 5.97 Å². The van der Waals surface area contributed by atoms with E-state index in [1.807, 2.05) is 0 Å². The Labute approximate surface area is 186 Å². The van der Waals surface area contributed by atoms with Crippen LogP contribution in [-0.4, -0.2) is 42.9 Å². The maximum absolute atomic E-state index is 12.6. The van der Waals surface area contributed by atoms with Gasteiger partial charge in [-0.1, -0.05) is 6.07 Å². The zero-order chi connectivity index (χ0) is 23.5. The van der Waals surface area contributed by atoms with E-state index in [0.29, 0.717) is 33.9 Å². The van der Waals surface area contributed by atoms with Crippen LogP contribution in [0.4, 0.5) is 11.4 Å². The Morgan fingerprint density at radius 1 is 1.09 bits per heavy atom. The van der Waals surface area contributed by atoms with Crippen molar-refractivity contribution in [1.82, 2.24) is 9.78 Å². The van der Waals surface area contributed by atoms with Crippen LogP contribution in [0.3, 0.4) is 0 Å². The van der Waals surface area contributed by atoms with Crippen LogP contribution in [0.1, 0.15) is 38.9 Å². The normalized spacial score (nSPS) is 11.1. The van der Waals surface area contributed by atoms with Gasteiger partial charge in [0.05, 0.1) is 36.1 Å². The van der Waals surface area contributed by atoms with Crippen molar-refractivity contribution in [2.75, 3.05) is 22.9 Å². The van der Waals surface area contributed by atoms with Crippen LogP contribution in [0.2, 0.25) is 0 Å². The van der Waals surface area contributed by atoms with Crippen LogP contribution in [0.5, 0.6) is 0 Å². The molecular formula is C22H24N4O5S. The summed E-state index contributed by atoms with van der Waals surface area (Å²) in [5, 5.41) is 7.00. The van der Waals surface area contributed by atoms with Gasteiger partial charge in [-0.25, -0.2) is 17.9 Å². The van der Waals surface area contributed by atoms with Gasteiger partial charge in [0.25, 0.3) is 5.91 Å². The van der Waals surface area contributed by atoms with Crippen LogP contribution in [-0.2, 0) is 14.8 Å². The van der Waals surface area contributed by atoms with Crippen molar-refractivity contribution in [3.8, 4) is 5.69 Å². The van der Waals surface area contributed by atoms with E-state index < -0.39 is 16.0 Å². The number of anilines is 2. The Balaban J connectivity index is 1.77. The predicted octanol–water partition coefficient (Wildman–Crippen LogP) is 3.29. The number of nitrogens with one attached hydrogen (secondary N) is 2. The monoisotopic (exact) mass is 456 g/mol. The Morgan fingerprint density at radius 3 is 2.41 bits per heavy atom. The summed E-state index contributed by atoms with van der Waals surface area (Å²) < 4.78 is 32.1. The minimum absolute atomic E-state index is 0.278. The second kappa shape index (κ2) is 9.23. The van der Waals surface area contributed by atoms with E-state index in [1.54, 1.807) is 67.9 Å². The van der Waals surface area contributed by atoms with Crippen LogP contribution in [0.25, 0.3) is 5.69 Å². The van der Waals surface area contributed by atoms with Crippen molar-refractivity contribution in [2.24, 2.45) is 0 Å². The van der Waals surface area contributed by atoms with Crippen molar-refractivity contribution < 1.29 is 22.7 Å². The third-order valence-electron chi connectivity index (χ3n) is 4.67. The van der Waals surface area contributed by atoms with E-state index in [4.69, 9.17) is 4.74 Å². The first-order valence-electron chi connectivity index (χ1n) is 9.81. The molecule has 0 unspecified atom stereocenters. The third kappa shape index (κ3) is 5.33. The summed E-state index contributed by atoms with van der Waals surface area (Å²) in [6, 6.07) is 11.7. The number of sulfonamides is 1. The number of carbonyl (C=O) groups is 2. The lowest BCUT2D eigenvalue weighted by molar-refractivity contribution is 0.0525. The molecule has 9 nitrogen and oxygen atoms in total. The molecule has 0 aliphatic carbocycles. The largest absolute Gasteiger partial charge is 0.462 e. The molecule has 168 valence electrons. The lowest BCUT2D eigenvalue weighted by atomic mass is 10.1. The molecule has 2 N–H and O–H groups in total. The van der Waals surface area contributed by atoms with E-state index in [2.05, 4.69) is 15.1 Å². The van der Waals surface area contributed by atoms with Gasteiger partial charge in [-0.05, 0) is 62.7 Å². The summed E-state index contributed by atoms with van der Waals surface area (Å²) in [6.07, 6.45) is 2.52. The molecule has 0 bridgehead atoms. The molecule has 0 saturated heterocycles. The van der Waals surface area contributed by atoms with Crippen LogP contribution in [0.15, 0.2) is 48.7 Å². The van der Waals surface area contributed by atoms with Crippen LogP contribution in [0, 0.1) is 13.8 Å². The quantitative estimate of drug-likeness (QED) is 0.527. The van der Waals surface area contributed by atoms with Gasteiger partial charge in [0, 0.05) is 11.3 Å². The second-order valence-electron chi connectivity index (χ2n) is 7.18. The molecule has 1 amide bonds. The van der Waals surface area contributed by atoms with E-state index in [9.17, 15) is 18.0 Å². The summed E-state index contributed by atoms with van der Waals surface area (Å²) in [7, 11) is -3.44. The molecule has 1 aromatic heterocycles. The summed E-state index contributed by atoms with van der Waals surface area (Å²) in [5.74, 6) is -0.787. The molecule has 0 radical (unpaired) electrons. The zero-order valence-corrected chi connectivity index (χ0v) is 19.0. The number of aromatic nitrogens is 2. The van der Waals surface area contributed by atoms with Crippen LogP contribution >= 0.6 is 0 Å². The van der Waals surface area contributed by atoms with Crippen molar-refractivity contribution in [2.45, 2.75) is 20.8 Å². The molecule has 0 saturated carbocycles. The maximum Gasteiger partial charge on any atom is 0.341 e. The highest BCUT2D eigenvalue weighted by Crippen LogP contribution is 2.22. The fourth-order valence-electron chi connectivity index (χ4n) is 3.05. The molecule has 0 aliphatic rings. The predicted molar refractivity (Wildman–Crippen MR) is 122 cm³/mol. The van der Waals surface area contributed by atoms with Crippen molar-refractivity contribution >= 4 is 33.3 Å². The van der Waals surface area contributed by atoms with Gasteiger partial charge in [-0.15, -0.1) is 0 Å². The number of hydrogen-bond acceptors (Lipinski definition) is 6. The van der Waals surface area contributed by atoms with Crippen molar-refractivity contribution in [3.63, 3.8) is 0 Å². The number of nitrogens with zero attached hydrogens (tertiary/aromatic N) is 2. The first-order chi connectivity index (χ1) is 15.1. The van der Waals surface area contributed by atoms with Gasteiger partial charge < -0.3 is 10.1 Å². The minimum Gasteiger partial charge on any atom is -0.462 e. The van der Waals surface area contributed by atoms with Gasteiger partial charge in [-0.3, -0.25) is 9.52 Å². The Bertz CT molecular complexity index is 1260. The van der Waals surface area contributed by atoms with E-state index in [1.165, 1.54) is 6.20 Å². The molecule has 32 heavy (non-hydrogen) atoms. The standard InChI is InChI=1S/C22H24N4O5S/c1-5-31-22(28)19-13-23-26(15(19)3)18-10-7-16(8-11-18)21(27)24-17-9-6-14(2)20(12-17)25-32(4,29)30/h6-13,25H,5H2,1-4H3,(H,24,27). The fraction of sp³-hybridized carbons (Fsp3) is 0.227. The number of carbonyl (C=O) groups excluding carboxylic acids is 2. The number of esters is 1. The summed E-state index contributed by atoms with van der Waals surface area (Å²) in [5.41, 5.74) is 3.68. The van der Waals surface area contributed by atoms with Gasteiger partial charge in [-0.2, -0.15) is 5.10 Å². The Hall–Kier alpha value is -3.66. The van der Waals surface area contributed by atoms with Gasteiger partial charge in [0.1, 0.15) is 5.56 Å². The molecule has 0 aliphatic heterocycles. The molecule has 2 aromatic carbocycles. The molecule has 3 aromatic rings. The van der Waals surface area contributed by atoms with Gasteiger partial charge in [0.2, 0.25) is 10.0 Å². The van der Waals surface area contributed by atoms with Crippen molar-refractivity contribution in [1.29, 1.82) is 0 Å². The number of aryl methyl sites for hydroxylation is 1. The SMILES string of the molecule is CCOC(=O)c1cnn(-c2ccc(C(=O)Nc3ccc(C)c(NS(C)(=O)=O)c3)cc2)c1C. The smallest absolute Gasteiger partial charge is 0.341 e. The van der Waals surface area contributed by atoms with E-state index >= 15 is 0 Å². The highest BCUT2D eigenvalue weighted by atomic mass is 32.2. The summed E-state index contributed by atoms with van der Waals surface area (Å²) in [4.78, 5) is 24.6. The minimum atomic E-state index is -3.44. The Kier molecular flexibility index (Phi) is 6.64. The third-order valence-corrected chi connectivity index (χ3v) is 5.26. The zero-order valence-electron chi connectivity index (χ0n) is 18.2. The highest BCUT2D eigenvalue weighted by molar-refractivity contribution is 7.92. The van der Waals surface area contributed by atoms with E-state index in [0.717, 1.165) is 11.8 Å². The molecule has 1 heterocycles. The lowest BCUT2D eigenvalue weighted by Gasteiger charge is -2.11. The topological polar surface area (TPSA) is 119 Å². The first-order valence-corrected chi connectivity index (χ1v) is 11.7. The molecule has 0 atom stereocenters. The molecule has 3 rings (SSSR count).